The molecule has 0 N–H and O–H groups in total. The highest BCUT2D eigenvalue weighted by Gasteiger charge is 2.40. The van der Waals surface area contributed by atoms with E-state index < -0.39 is 44.7 Å². The van der Waals surface area contributed by atoms with Gasteiger partial charge in [-0.3, -0.25) is 0 Å². The first kappa shape index (κ1) is 17.6. The lowest BCUT2D eigenvalue weighted by Gasteiger charge is -2.16. The third kappa shape index (κ3) is 8.67. The van der Waals surface area contributed by atoms with Crippen molar-refractivity contribution >= 4 is 23.5 Å². The average molecular weight is 316 g/mol. The molecule has 0 rings (SSSR count). The van der Waals surface area contributed by atoms with Gasteiger partial charge in [-0.15, -0.1) is 0 Å². The van der Waals surface area contributed by atoms with Gasteiger partial charge in [0.25, 0.3) is 0 Å². The Balaban J connectivity index is 5.16. The first-order valence-corrected chi connectivity index (χ1v) is 6.23. The first-order chi connectivity index (χ1) is 8.09. The third-order valence-electron chi connectivity index (χ3n) is 1.13. The summed E-state index contributed by atoms with van der Waals surface area (Å²) >= 11 is -1.82. The number of alkyl halides is 6. The van der Waals surface area contributed by atoms with Crippen LogP contribution in [-0.2, 0) is 9.47 Å². The van der Waals surface area contributed by atoms with Gasteiger partial charge in [0, 0.05) is 23.5 Å². The highest BCUT2D eigenvalue weighted by Crippen LogP contribution is 2.49. The molecule has 0 bridgehead atoms. The van der Waals surface area contributed by atoms with Crippen molar-refractivity contribution in [2.75, 3.05) is 13.2 Å². The first-order valence-electron chi connectivity index (χ1n) is 4.60. The van der Waals surface area contributed by atoms with Crippen molar-refractivity contribution in [3.63, 3.8) is 0 Å². The van der Waals surface area contributed by atoms with Crippen LogP contribution in [0.4, 0.5) is 26.3 Å². The number of rotatable bonds is 6. The molecule has 0 unspecified atom stereocenters. The maximum atomic E-state index is 12.2. The number of hydrogen-bond acceptors (Lipinski definition) is 4. The van der Waals surface area contributed by atoms with Crippen LogP contribution in [0.25, 0.3) is 0 Å². The van der Waals surface area contributed by atoms with Gasteiger partial charge < -0.3 is 9.47 Å². The Morgan fingerprint density at radius 3 is 1.39 bits per heavy atom. The van der Waals surface area contributed by atoms with E-state index in [1.165, 1.54) is 13.8 Å². The summed E-state index contributed by atoms with van der Waals surface area (Å²) in [5.74, 6) is -0.760. The van der Waals surface area contributed by atoms with Crippen LogP contribution in [0.2, 0.25) is 0 Å². The maximum absolute atomic E-state index is 12.2. The van der Waals surface area contributed by atoms with E-state index in [1.54, 1.807) is 0 Å². The van der Waals surface area contributed by atoms with Crippen LogP contribution in [-0.4, -0.2) is 24.2 Å². The number of ether oxygens (including phenoxy) is 2. The second kappa shape index (κ2) is 7.27. The highest BCUT2D eigenvalue weighted by molar-refractivity contribution is 8.23. The molecule has 0 aliphatic carbocycles. The van der Waals surface area contributed by atoms with Gasteiger partial charge in [-0.1, -0.05) is 0 Å². The molecule has 0 amide bonds. The van der Waals surface area contributed by atoms with Gasteiger partial charge >= 0.3 is 17.0 Å². The van der Waals surface area contributed by atoms with Crippen LogP contribution < -0.4 is 0 Å². The fourth-order valence-corrected chi connectivity index (χ4v) is 2.29. The minimum Gasteiger partial charge on any atom is -0.465 e. The molecule has 0 aliphatic heterocycles. The number of halogens is 6. The molecule has 0 fully saturated rings. The Morgan fingerprint density at radius 1 is 0.833 bits per heavy atom. The maximum Gasteiger partial charge on any atom is 0.447 e. The molecule has 0 aliphatic rings. The molecule has 0 aromatic rings. The van der Waals surface area contributed by atoms with Gasteiger partial charge in [0.05, 0.1) is 13.2 Å². The van der Waals surface area contributed by atoms with Gasteiger partial charge in [-0.05, 0) is 13.8 Å². The van der Waals surface area contributed by atoms with Gasteiger partial charge in [-0.25, -0.2) is 0 Å². The lowest BCUT2D eigenvalue weighted by Crippen LogP contribution is -2.09. The number of thioether (sulfide) groups is 2. The predicted molar refractivity (Wildman–Crippen MR) is 57.6 cm³/mol. The minimum absolute atomic E-state index is 0.102. The predicted octanol–water partition coefficient (Wildman–Crippen LogP) is 4.69. The van der Waals surface area contributed by atoms with Crippen molar-refractivity contribution in [1.29, 1.82) is 0 Å². The topological polar surface area (TPSA) is 18.5 Å². The molecule has 2 nitrogen and oxygen atoms in total. The molecule has 0 atom stereocenters. The van der Waals surface area contributed by atoms with E-state index in [9.17, 15) is 26.3 Å². The van der Waals surface area contributed by atoms with Crippen molar-refractivity contribution < 1.29 is 35.8 Å². The smallest absolute Gasteiger partial charge is 0.447 e. The molecule has 108 valence electrons. The van der Waals surface area contributed by atoms with Crippen molar-refractivity contribution in [3.05, 3.63) is 10.2 Å². The Bertz CT molecular complexity index is 260. The van der Waals surface area contributed by atoms with E-state index in [4.69, 9.17) is 0 Å². The van der Waals surface area contributed by atoms with E-state index in [2.05, 4.69) is 9.47 Å². The average Bonchev–Trinajstić information content (AvgIpc) is 2.12. The van der Waals surface area contributed by atoms with Crippen LogP contribution in [0.1, 0.15) is 13.8 Å². The van der Waals surface area contributed by atoms with Crippen LogP contribution in [0.15, 0.2) is 10.2 Å². The Labute approximate surface area is 108 Å². The van der Waals surface area contributed by atoms with E-state index in [0.29, 0.717) is 0 Å². The van der Waals surface area contributed by atoms with Crippen molar-refractivity contribution in [3.8, 4) is 0 Å². The molecular weight excluding hydrogens is 306 g/mol. The monoisotopic (exact) mass is 316 g/mol. The fraction of sp³-hybridized carbons (Fsp3) is 0.750. The fourth-order valence-electron chi connectivity index (χ4n) is 0.736. The van der Waals surface area contributed by atoms with Gasteiger partial charge in [0.15, 0.2) is 0 Å². The van der Waals surface area contributed by atoms with Crippen LogP contribution >= 0.6 is 23.5 Å². The zero-order chi connectivity index (χ0) is 14.4. The van der Waals surface area contributed by atoms with Crippen molar-refractivity contribution in [2.24, 2.45) is 0 Å². The Hall–Kier alpha value is -0.380. The zero-order valence-electron chi connectivity index (χ0n) is 9.31. The lowest BCUT2D eigenvalue weighted by atomic mass is 10.8. The molecule has 10 heteroatoms. The van der Waals surface area contributed by atoms with Crippen LogP contribution in [0.5, 0.6) is 0 Å². The summed E-state index contributed by atoms with van der Waals surface area (Å²) in [5.41, 5.74) is -9.71. The number of hydrogen-bond donors (Lipinski definition) is 0. The molecule has 18 heavy (non-hydrogen) atoms. The van der Waals surface area contributed by atoms with Gasteiger partial charge in [0.2, 0.25) is 0 Å². The Morgan fingerprint density at radius 2 is 1.17 bits per heavy atom. The molecule has 0 heterocycles. The highest BCUT2D eigenvalue weighted by atomic mass is 32.2. The SMILES string of the molecule is CCOC(OCC)=C(SC(F)(F)F)SC(F)(F)F. The van der Waals surface area contributed by atoms with Crippen molar-refractivity contribution in [1.82, 2.24) is 0 Å². The summed E-state index contributed by atoms with van der Waals surface area (Å²) in [6.07, 6.45) is 0. The molecule has 0 spiro atoms. The largest absolute Gasteiger partial charge is 0.465 e. The summed E-state index contributed by atoms with van der Waals surface area (Å²) < 4.78 is 81.1. The molecule has 0 saturated carbocycles. The van der Waals surface area contributed by atoms with Crippen molar-refractivity contribution in [2.45, 2.75) is 24.9 Å². The summed E-state index contributed by atoms with van der Waals surface area (Å²) in [6, 6.07) is 0. The molecule has 0 aromatic heterocycles. The standard InChI is InChI=1S/C8H10F6O2S2/c1-3-15-5(16-4-2)6(17-7(9,10)11)18-8(12,13)14/h3-4H2,1-2H3. The van der Waals surface area contributed by atoms with E-state index in [1.807, 2.05) is 0 Å². The van der Waals surface area contributed by atoms with Gasteiger partial charge in [-0.2, -0.15) is 26.3 Å². The van der Waals surface area contributed by atoms with E-state index in [-0.39, 0.29) is 13.2 Å². The summed E-state index contributed by atoms with van der Waals surface area (Å²) in [5, 5.41) is 0. The second-order valence-electron chi connectivity index (χ2n) is 2.54. The summed E-state index contributed by atoms with van der Waals surface area (Å²) in [7, 11) is 0. The lowest BCUT2D eigenvalue weighted by molar-refractivity contribution is -0.0336. The van der Waals surface area contributed by atoms with Gasteiger partial charge in [0.1, 0.15) is 4.24 Å². The molecular formula is C8H10F6O2S2. The summed E-state index contributed by atoms with van der Waals surface area (Å²) in [6.45, 7) is 2.64. The zero-order valence-corrected chi connectivity index (χ0v) is 10.9. The van der Waals surface area contributed by atoms with E-state index >= 15 is 0 Å². The van der Waals surface area contributed by atoms with Crippen LogP contribution in [0.3, 0.4) is 0 Å². The van der Waals surface area contributed by atoms with E-state index in [0.717, 1.165) is 0 Å². The quantitative estimate of drug-likeness (QED) is 0.522. The normalized spacial score (nSPS) is 12.2. The minimum atomic E-state index is -4.85. The summed E-state index contributed by atoms with van der Waals surface area (Å²) in [4.78, 5) is 0. The Kier molecular flexibility index (Phi) is 7.11. The molecule has 0 saturated heterocycles. The van der Waals surface area contributed by atoms with Crippen LogP contribution in [0, 0.1) is 0 Å². The third-order valence-corrected chi connectivity index (χ3v) is 2.80. The molecule has 0 aromatic carbocycles. The molecule has 0 radical (unpaired) electrons. The second-order valence-corrected chi connectivity index (χ2v) is 4.95.